The van der Waals surface area contributed by atoms with Gasteiger partial charge < -0.3 is 30.4 Å². The molecule has 1 aromatic carbocycles. The van der Waals surface area contributed by atoms with Gasteiger partial charge in [-0.2, -0.15) is 0 Å². The fraction of sp³-hybridized carbons (Fsp3) is 0.462. The lowest BCUT2D eigenvalue weighted by atomic mass is 9.95. The molecule has 4 N–H and O–H groups in total. The highest BCUT2D eigenvalue weighted by molar-refractivity contribution is 9.10. The molecule has 0 saturated carbocycles. The van der Waals surface area contributed by atoms with Crippen LogP contribution in [-0.4, -0.2) is 98.0 Å². The standard InChI is InChI=1S/C26H32BrFN6O7/c1-3-39-21(37)11-30-14-31-24(29)25-32-19(13-34-7-8-41-16(12-34)10-20(35)36)22(26(38)40-4-2)23(33-25)17-6-5-15(28)9-18(17)27/h5-6,9,14,16,23H,3-4,7-8,10-13H2,1-2H3,(H,32,33)(H,35,36)(H2,29,30,31). The van der Waals surface area contributed by atoms with Gasteiger partial charge in [-0.15, -0.1) is 0 Å². The predicted molar refractivity (Wildman–Crippen MR) is 151 cm³/mol. The van der Waals surface area contributed by atoms with Crippen molar-refractivity contribution >= 4 is 51.8 Å². The second-order valence-corrected chi connectivity index (χ2v) is 9.74. The maximum atomic E-state index is 14.0. The predicted octanol–water partition coefficient (Wildman–Crippen LogP) is 1.57. The third kappa shape index (κ3) is 9.16. The van der Waals surface area contributed by atoms with E-state index in [9.17, 15) is 23.9 Å². The zero-order valence-corrected chi connectivity index (χ0v) is 24.2. The molecule has 222 valence electrons. The van der Waals surface area contributed by atoms with Crippen molar-refractivity contribution in [3.8, 4) is 0 Å². The molecule has 0 spiro atoms. The number of rotatable bonds is 12. The number of hydrogen-bond donors (Lipinski definition) is 3. The van der Waals surface area contributed by atoms with E-state index in [0.29, 0.717) is 35.4 Å². The van der Waals surface area contributed by atoms with Gasteiger partial charge in [0.1, 0.15) is 24.7 Å². The molecule has 0 aromatic heterocycles. The van der Waals surface area contributed by atoms with Crippen LogP contribution in [0.3, 0.4) is 0 Å². The number of aliphatic carboxylic acids is 1. The zero-order chi connectivity index (χ0) is 29.9. The van der Waals surface area contributed by atoms with Gasteiger partial charge in [0.2, 0.25) is 0 Å². The van der Waals surface area contributed by atoms with Gasteiger partial charge in [0.05, 0.1) is 37.9 Å². The Morgan fingerprint density at radius 2 is 2.07 bits per heavy atom. The molecule has 0 aliphatic carbocycles. The minimum Gasteiger partial charge on any atom is -0.481 e. The number of carboxylic acids is 1. The Bertz CT molecular complexity index is 1270. The van der Waals surface area contributed by atoms with Crippen molar-refractivity contribution in [3.63, 3.8) is 0 Å². The first-order valence-corrected chi connectivity index (χ1v) is 13.6. The monoisotopic (exact) mass is 638 g/mol. The van der Waals surface area contributed by atoms with Gasteiger partial charge in [-0.25, -0.2) is 14.2 Å². The lowest BCUT2D eigenvalue weighted by Crippen LogP contribution is -2.48. The van der Waals surface area contributed by atoms with E-state index in [2.05, 4.69) is 36.2 Å². The molecule has 2 aliphatic heterocycles. The summed E-state index contributed by atoms with van der Waals surface area (Å²) in [4.78, 5) is 50.6. The number of halogens is 2. The van der Waals surface area contributed by atoms with E-state index in [4.69, 9.17) is 19.9 Å². The van der Waals surface area contributed by atoms with Crippen LogP contribution in [0.1, 0.15) is 31.9 Å². The van der Waals surface area contributed by atoms with E-state index in [1.54, 1.807) is 13.8 Å². The molecule has 0 radical (unpaired) electrons. The number of amidine groups is 2. The molecular formula is C26H32BrFN6O7. The van der Waals surface area contributed by atoms with Crippen LogP contribution in [0.5, 0.6) is 0 Å². The summed E-state index contributed by atoms with van der Waals surface area (Å²) in [6.45, 7) is 4.67. The average molecular weight is 639 g/mol. The van der Waals surface area contributed by atoms with Gasteiger partial charge in [0.15, 0.2) is 11.7 Å². The number of carboxylic acid groups (broad SMARTS) is 1. The van der Waals surface area contributed by atoms with Gasteiger partial charge in [-0.3, -0.25) is 24.5 Å². The maximum absolute atomic E-state index is 14.0. The Hall–Kier alpha value is -3.69. The van der Waals surface area contributed by atoms with Crippen LogP contribution in [0.15, 0.2) is 48.9 Å². The van der Waals surface area contributed by atoms with Crippen molar-refractivity contribution in [1.82, 2.24) is 10.2 Å². The fourth-order valence-corrected chi connectivity index (χ4v) is 4.77. The summed E-state index contributed by atoms with van der Waals surface area (Å²) in [7, 11) is 0. The lowest BCUT2D eigenvalue weighted by Gasteiger charge is -2.35. The molecule has 1 fully saturated rings. The number of morpholine rings is 1. The van der Waals surface area contributed by atoms with E-state index in [1.165, 1.54) is 18.2 Å². The van der Waals surface area contributed by atoms with E-state index in [0.717, 1.165) is 6.34 Å². The highest BCUT2D eigenvalue weighted by atomic mass is 79.9. The molecule has 2 aliphatic rings. The smallest absolute Gasteiger partial charge is 0.338 e. The number of carbonyl (C=O) groups excluding carboxylic acids is 2. The van der Waals surface area contributed by atoms with Gasteiger partial charge in [0.25, 0.3) is 0 Å². The summed E-state index contributed by atoms with van der Waals surface area (Å²) in [5, 5.41) is 12.3. The summed E-state index contributed by atoms with van der Waals surface area (Å²) >= 11 is 3.37. The summed E-state index contributed by atoms with van der Waals surface area (Å²) in [5.74, 6) is -2.62. The molecule has 0 bridgehead atoms. The summed E-state index contributed by atoms with van der Waals surface area (Å²) in [6, 6.07) is 3.04. The molecule has 1 aromatic rings. The largest absolute Gasteiger partial charge is 0.481 e. The topological polar surface area (TPSA) is 177 Å². The number of nitrogens with zero attached hydrogens (tertiary/aromatic N) is 4. The average Bonchev–Trinajstić information content (AvgIpc) is 2.90. The first-order chi connectivity index (χ1) is 19.6. The molecule has 1 saturated heterocycles. The first kappa shape index (κ1) is 31.8. The molecule has 3 rings (SSSR count). The van der Waals surface area contributed by atoms with Crippen LogP contribution >= 0.6 is 15.9 Å². The highest BCUT2D eigenvalue weighted by Gasteiger charge is 2.35. The van der Waals surface area contributed by atoms with E-state index < -0.39 is 35.9 Å². The second kappa shape index (κ2) is 15.3. The fourth-order valence-electron chi connectivity index (χ4n) is 4.20. The number of ether oxygens (including phenoxy) is 3. The zero-order valence-electron chi connectivity index (χ0n) is 22.6. The number of nitrogens with two attached hydrogens (primary N) is 1. The van der Waals surface area contributed by atoms with Gasteiger partial charge >= 0.3 is 17.9 Å². The van der Waals surface area contributed by atoms with Crippen molar-refractivity contribution in [2.24, 2.45) is 20.7 Å². The number of benzene rings is 1. The Balaban J connectivity index is 2.02. The van der Waals surface area contributed by atoms with Crippen molar-refractivity contribution in [3.05, 3.63) is 45.3 Å². The summed E-state index contributed by atoms with van der Waals surface area (Å²) in [5.41, 5.74) is 7.26. The van der Waals surface area contributed by atoms with E-state index in [-0.39, 0.29) is 50.0 Å². The molecule has 15 heteroatoms. The quantitative estimate of drug-likeness (QED) is 0.173. The minimum absolute atomic E-state index is 0.0908. The van der Waals surface area contributed by atoms with Crippen LogP contribution in [0.25, 0.3) is 0 Å². The maximum Gasteiger partial charge on any atom is 0.338 e. The normalized spacial score (nSPS) is 20.0. The molecular weight excluding hydrogens is 607 g/mol. The number of nitrogens with one attached hydrogen (secondary N) is 1. The van der Waals surface area contributed by atoms with Crippen LogP contribution in [-0.2, 0) is 28.6 Å². The second-order valence-electron chi connectivity index (χ2n) is 8.89. The van der Waals surface area contributed by atoms with Crippen molar-refractivity contribution in [1.29, 1.82) is 0 Å². The Morgan fingerprint density at radius 1 is 1.32 bits per heavy atom. The van der Waals surface area contributed by atoms with E-state index in [1.807, 2.05) is 4.90 Å². The summed E-state index contributed by atoms with van der Waals surface area (Å²) < 4.78 is 30.1. The van der Waals surface area contributed by atoms with Gasteiger partial charge in [-0.05, 0) is 31.5 Å². The van der Waals surface area contributed by atoms with Crippen molar-refractivity contribution in [2.75, 3.05) is 46.0 Å². The first-order valence-electron chi connectivity index (χ1n) is 12.9. The highest BCUT2D eigenvalue weighted by Crippen LogP contribution is 2.36. The third-order valence-corrected chi connectivity index (χ3v) is 6.62. The van der Waals surface area contributed by atoms with Gasteiger partial charge in [-0.1, -0.05) is 22.0 Å². The van der Waals surface area contributed by atoms with Gasteiger partial charge in [0, 0.05) is 29.8 Å². The van der Waals surface area contributed by atoms with Crippen molar-refractivity contribution < 1.29 is 38.1 Å². The van der Waals surface area contributed by atoms with Crippen molar-refractivity contribution in [2.45, 2.75) is 32.4 Å². The number of esters is 2. The Labute approximate surface area is 244 Å². The Kier molecular flexibility index (Phi) is 11.9. The molecule has 41 heavy (non-hydrogen) atoms. The number of aliphatic imine (C=N–C) groups is 3. The lowest BCUT2D eigenvalue weighted by molar-refractivity contribution is -0.142. The number of carbonyl (C=O) groups is 3. The molecule has 2 atom stereocenters. The number of hydrogen-bond acceptors (Lipinski definition) is 10. The van der Waals surface area contributed by atoms with Crippen LogP contribution in [0.2, 0.25) is 0 Å². The SMILES string of the molecule is CCOC(=O)CN=CN=C(N)C1=NC(c2ccc(F)cc2Br)C(C(=O)OCC)=C(CN2CCOC(CC(=O)O)C2)N1. The van der Waals surface area contributed by atoms with E-state index >= 15 is 0 Å². The third-order valence-electron chi connectivity index (χ3n) is 5.93. The summed E-state index contributed by atoms with van der Waals surface area (Å²) in [6.07, 6.45) is 0.395. The Morgan fingerprint density at radius 3 is 2.76 bits per heavy atom. The minimum atomic E-state index is -0.983. The van der Waals surface area contributed by atoms with Crippen LogP contribution < -0.4 is 11.1 Å². The molecule has 2 heterocycles. The van der Waals surface area contributed by atoms with Crippen LogP contribution in [0, 0.1) is 5.82 Å². The molecule has 13 nitrogen and oxygen atoms in total. The molecule has 2 unspecified atom stereocenters. The van der Waals surface area contributed by atoms with Crippen LogP contribution in [0.4, 0.5) is 4.39 Å². The molecule has 0 amide bonds.